The third-order valence-electron chi connectivity index (χ3n) is 5.19. The van der Waals surface area contributed by atoms with E-state index in [2.05, 4.69) is 20.8 Å². The van der Waals surface area contributed by atoms with Gasteiger partial charge in [0.2, 0.25) is 5.91 Å². The molecular weight excluding hydrogens is 598 g/mol. The molecule has 0 radical (unpaired) electrons. The van der Waals surface area contributed by atoms with E-state index in [0.717, 1.165) is 17.8 Å². The summed E-state index contributed by atoms with van der Waals surface area (Å²) in [5, 5.41) is 14.5. The summed E-state index contributed by atoms with van der Waals surface area (Å²) in [5.41, 5.74) is -0.549. The van der Waals surface area contributed by atoms with Crippen LogP contribution < -0.4 is 10.6 Å². The minimum atomic E-state index is -4.63. The fourth-order valence-corrected chi connectivity index (χ4v) is 4.92. The van der Waals surface area contributed by atoms with E-state index in [-0.39, 0.29) is 33.7 Å². The van der Waals surface area contributed by atoms with Crippen LogP contribution in [-0.4, -0.2) is 32.3 Å². The van der Waals surface area contributed by atoms with Gasteiger partial charge in [0.05, 0.1) is 39.8 Å². The molecule has 0 aliphatic carbocycles. The average molecular weight is 615 g/mol. The van der Waals surface area contributed by atoms with Gasteiger partial charge in [0, 0.05) is 10.0 Å². The molecule has 0 saturated heterocycles. The van der Waals surface area contributed by atoms with E-state index >= 15 is 0 Å². The van der Waals surface area contributed by atoms with Gasteiger partial charge >= 0.3 is 6.18 Å². The monoisotopic (exact) mass is 613 g/mol. The van der Waals surface area contributed by atoms with Crippen molar-refractivity contribution in [3.05, 3.63) is 98.7 Å². The second-order valence-electron chi connectivity index (χ2n) is 7.90. The Bertz CT molecular complexity index is 1530. The molecule has 1 heterocycles. The number of nitrogens with zero attached hydrogens (tertiary/aromatic N) is 3. The number of thioether (sulfide) groups is 1. The molecule has 0 fully saturated rings. The fraction of sp³-hybridized carbons (Fsp3) is 0.120. The van der Waals surface area contributed by atoms with Crippen molar-refractivity contribution in [1.82, 2.24) is 20.1 Å². The highest BCUT2D eigenvalue weighted by Crippen LogP contribution is 2.34. The Morgan fingerprint density at radius 2 is 1.67 bits per heavy atom. The minimum absolute atomic E-state index is 0.0665. The SMILES string of the molecule is O=C(CSc1nnc(CNC(=O)c2ccc(Cl)cc2Cl)n1-c1cccc(Cl)c1)Nc1ccccc1C(F)(F)F. The van der Waals surface area contributed by atoms with E-state index in [1.807, 2.05) is 0 Å². The molecule has 0 spiro atoms. The Labute approximate surface area is 239 Å². The predicted molar refractivity (Wildman–Crippen MR) is 145 cm³/mol. The highest BCUT2D eigenvalue weighted by Gasteiger charge is 2.33. The zero-order valence-corrected chi connectivity index (χ0v) is 22.7. The van der Waals surface area contributed by atoms with Crippen LogP contribution in [-0.2, 0) is 17.5 Å². The van der Waals surface area contributed by atoms with Crippen molar-refractivity contribution in [2.24, 2.45) is 0 Å². The first-order valence-electron chi connectivity index (χ1n) is 11.1. The van der Waals surface area contributed by atoms with E-state index in [9.17, 15) is 22.8 Å². The number of hydrogen-bond donors (Lipinski definition) is 2. The average Bonchev–Trinajstić information content (AvgIpc) is 3.28. The predicted octanol–water partition coefficient (Wildman–Crippen LogP) is 6.91. The number of alkyl halides is 3. The summed E-state index contributed by atoms with van der Waals surface area (Å²) in [6.07, 6.45) is -4.63. The summed E-state index contributed by atoms with van der Waals surface area (Å²) < 4.78 is 41.4. The Balaban J connectivity index is 1.53. The number of benzene rings is 3. The fourth-order valence-electron chi connectivity index (χ4n) is 3.47. The number of carbonyl (C=O) groups excluding carboxylic acids is 2. The van der Waals surface area contributed by atoms with Crippen molar-refractivity contribution in [2.75, 3.05) is 11.1 Å². The van der Waals surface area contributed by atoms with E-state index in [0.29, 0.717) is 21.6 Å². The molecule has 1 aromatic heterocycles. The lowest BCUT2D eigenvalue weighted by Gasteiger charge is -2.14. The van der Waals surface area contributed by atoms with Gasteiger partial charge in [0.25, 0.3) is 5.91 Å². The van der Waals surface area contributed by atoms with E-state index in [1.165, 1.54) is 36.4 Å². The summed E-state index contributed by atoms with van der Waals surface area (Å²) >= 11 is 19.1. The normalized spacial score (nSPS) is 11.3. The molecule has 0 bridgehead atoms. The molecule has 7 nitrogen and oxygen atoms in total. The summed E-state index contributed by atoms with van der Waals surface area (Å²) in [5.74, 6) is -1.11. The molecule has 0 unspecified atom stereocenters. The van der Waals surface area contributed by atoms with Crippen molar-refractivity contribution in [2.45, 2.75) is 17.9 Å². The van der Waals surface area contributed by atoms with Gasteiger partial charge in [-0.2, -0.15) is 13.2 Å². The topological polar surface area (TPSA) is 88.9 Å². The standard InChI is InChI=1S/C25H17Cl3F3N5O2S/c26-14-4-3-5-16(10-14)36-21(12-32-23(38)17-9-8-15(27)11-19(17)28)34-35-24(36)39-13-22(37)33-20-7-2-1-6-18(20)25(29,30)31/h1-11H,12-13H2,(H,32,38)(H,33,37). The van der Waals surface area contributed by atoms with Crippen molar-refractivity contribution < 1.29 is 22.8 Å². The number of rotatable bonds is 8. The molecule has 0 atom stereocenters. The van der Waals surface area contributed by atoms with Crippen LogP contribution in [0, 0.1) is 0 Å². The second kappa shape index (κ2) is 12.3. The Morgan fingerprint density at radius 3 is 2.38 bits per heavy atom. The number of carbonyl (C=O) groups is 2. The molecule has 4 aromatic rings. The highest BCUT2D eigenvalue weighted by molar-refractivity contribution is 7.99. The molecule has 0 saturated carbocycles. The van der Waals surface area contributed by atoms with E-state index in [1.54, 1.807) is 28.8 Å². The van der Waals surface area contributed by atoms with Gasteiger partial charge in [0.1, 0.15) is 0 Å². The largest absolute Gasteiger partial charge is 0.418 e. The van der Waals surface area contributed by atoms with Gasteiger partial charge in [-0.3, -0.25) is 14.2 Å². The van der Waals surface area contributed by atoms with Crippen LogP contribution in [0.3, 0.4) is 0 Å². The van der Waals surface area contributed by atoms with Crippen LogP contribution in [0.2, 0.25) is 15.1 Å². The Hall–Kier alpha value is -3.25. The number of hydrogen-bond acceptors (Lipinski definition) is 5. The Kier molecular flexibility index (Phi) is 9.06. The number of aromatic nitrogens is 3. The summed E-state index contributed by atoms with van der Waals surface area (Å²) in [4.78, 5) is 25.2. The number of amides is 2. The second-order valence-corrected chi connectivity index (χ2v) is 10.1. The molecule has 0 aliphatic heterocycles. The van der Waals surface area contributed by atoms with Crippen molar-refractivity contribution in [1.29, 1.82) is 0 Å². The van der Waals surface area contributed by atoms with Crippen LogP contribution in [0.1, 0.15) is 21.7 Å². The van der Waals surface area contributed by atoms with Crippen molar-refractivity contribution in [3.8, 4) is 5.69 Å². The zero-order chi connectivity index (χ0) is 28.2. The van der Waals surface area contributed by atoms with Gasteiger partial charge in [-0.25, -0.2) is 0 Å². The molecule has 4 rings (SSSR count). The molecule has 2 N–H and O–H groups in total. The number of halogens is 6. The molecule has 202 valence electrons. The third kappa shape index (κ3) is 7.24. The van der Waals surface area contributed by atoms with Crippen LogP contribution >= 0.6 is 46.6 Å². The minimum Gasteiger partial charge on any atom is -0.345 e. The quantitative estimate of drug-likeness (QED) is 0.211. The first kappa shape index (κ1) is 28.8. The molecule has 3 aromatic carbocycles. The van der Waals surface area contributed by atoms with Gasteiger partial charge < -0.3 is 10.6 Å². The van der Waals surface area contributed by atoms with Gasteiger partial charge in [-0.1, -0.05) is 64.8 Å². The molecular formula is C25H17Cl3F3N5O2S. The van der Waals surface area contributed by atoms with Gasteiger partial charge in [-0.15, -0.1) is 10.2 Å². The molecule has 0 aliphatic rings. The maximum atomic E-state index is 13.3. The molecule has 2 amide bonds. The lowest BCUT2D eigenvalue weighted by Crippen LogP contribution is -2.25. The van der Waals surface area contributed by atoms with Crippen LogP contribution in [0.15, 0.2) is 71.9 Å². The number of nitrogens with one attached hydrogen (secondary N) is 2. The van der Waals surface area contributed by atoms with Gasteiger partial charge in [-0.05, 0) is 48.5 Å². The Morgan fingerprint density at radius 1 is 0.923 bits per heavy atom. The van der Waals surface area contributed by atoms with Crippen LogP contribution in [0.25, 0.3) is 5.69 Å². The lowest BCUT2D eigenvalue weighted by molar-refractivity contribution is -0.137. The first-order valence-corrected chi connectivity index (χ1v) is 13.2. The maximum absolute atomic E-state index is 13.3. The van der Waals surface area contributed by atoms with Crippen LogP contribution in [0.5, 0.6) is 0 Å². The summed E-state index contributed by atoms with van der Waals surface area (Å²) in [7, 11) is 0. The van der Waals surface area contributed by atoms with E-state index < -0.39 is 23.6 Å². The maximum Gasteiger partial charge on any atom is 0.418 e. The van der Waals surface area contributed by atoms with Crippen molar-refractivity contribution >= 4 is 64.1 Å². The molecule has 14 heteroatoms. The van der Waals surface area contributed by atoms with Crippen LogP contribution in [0.4, 0.5) is 18.9 Å². The lowest BCUT2D eigenvalue weighted by atomic mass is 10.1. The highest BCUT2D eigenvalue weighted by atomic mass is 35.5. The smallest absolute Gasteiger partial charge is 0.345 e. The first-order chi connectivity index (χ1) is 18.5. The number of anilines is 1. The van der Waals surface area contributed by atoms with Gasteiger partial charge in [0.15, 0.2) is 11.0 Å². The third-order valence-corrected chi connectivity index (χ3v) is 6.90. The molecule has 39 heavy (non-hydrogen) atoms. The zero-order valence-electron chi connectivity index (χ0n) is 19.6. The number of para-hydroxylation sites is 1. The van der Waals surface area contributed by atoms with Crippen molar-refractivity contribution in [3.63, 3.8) is 0 Å². The van der Waals surface area contributed by atoms with E-state index in [4.69, 9.17) is 34.8 Å². The summed E-state index contributed by atoms with van der Waals surface area (Å²) in [6, 6.07) is 15.9. The summed E-state index contributed by atoms with van der Waals surface area (Å²) in [6.45, 7) is -0.0665.